The number of hydrogen-bond acceptors (Lipinski definition) is 13. The van der Waals surface area contributed by atoms with Crippen LogP contribution in [0.15, 0.2) is 0 Å². The monoisotopic (exact) mass is 636 g/mol. The molecule has 1 aliphatic heterocycles. The lowest BCUT2D eigenvalue weighted by atomic mass is 9.42. The SMILES string of the molecule is CC(=O)OC1C(C)CC2(O)C1C(OC(C)=O)C13COC(C)(C2OC(C)=O)C1C1C(CC1(C)OC(C)=O)C(OC(=O)C(C)C)C3=O. The van der Waals surface area contributed by atoms with E-state index in [-0.39, 0.29) is 19.4 Å². The van der Waals surface area contributed by atoms with Gasteiger partial charge in [0, 0.05) is 45.4 Å². The number of ketones is 1. The zero-order chi connectivity index (χ0) is 33.6. The molecular formula is C32H44O13. The van der Waals surface area contributed by atoms with Gasteiger partial charge in [0.15, 0.2) is 18.0 Å². The summed E-state index contributed by atoms with van der Waals surface area (Å²) in [5, 5.41) is 12.8. The number of carbonyl (C=O) groups excluding carboxylic acids is 6. The van der Waals surface area contributed by atoms with Crippen molar-refractivity contribution in [1.82, 2.24) is 0 Å². The summed E-state index contributed by atoms with van der Waals surface area (Å²) in [6.07, 6.45) is -5.15. The summed E-state index contributed by atoms with van der Waals surface area (Å²) in [4.78, 5) is 78.5. The van der Waals surface area contributed by atoms with Gasteiger partial charge in [0.25, 0.3) is 0 Å². The van der Waals surface area contributed by atoms with Gasteiger partial charge < -0.3 is 33.5 Å². The summed E-state index contributed by atoms with van der Waals surface area (Å²) in [6.45, 7) is 12.8. The predicted molar refractivity (Wildman–Crippen MR) is 151 cm³/mol. The van der Waals surface area contributed by atoms with E-state index < -0.39 is 118 Å². The third-order valence-electron chi connectivity index (χ3n) is 11.0. The lowest BCUT2D eigenvalue weighted by molar-refractivity contribution is -0.260. The van der Waals surface area contributed by atoms with Crippen molar-refractivity contribution in [2.24, 2.45) is 40.9 Å². The fourth-order valence-corrected chi connectivity index (χ4v) is 9.79. The average molecular weight is 637 g/mol. The number of carbonyl (C=O) groups is 6. The molecule has 13 nitrogen and oxygen atoms in total. The number of hydrogen-bond donors (Lipinski definition) is 1. The summed E-state index contributed by atoms with van der Waals surface area (Å²) >= 11 is 0. The van der Waals surface area contributed by atoms with Gasteiger partial charge in [0.2, 0.25) is 0 Å². The highest BCUT2D eigenvalue weighted by Crippen LogP contribution is 2.72. The molecule has 0 amide bonds. The standard InChI is InChI=1S/C32H44O13/c1-13(2)27(38)44-23-19-11-29(8,45-18(7)36)20(19)24-30(9)28(43-17(6)35)32(39)10-14(3)22(41-15(4)33)21(32)26(42-16(5)34)31(24,12-40-30)25(23)37/h13-14,19-24,26,28,39H,10-12H2,1-9H3. The van der Waals surface area contributed by atoms with Crippen molar-refractivity contribution in [1.29, 1.82) is 0 Å². The molecule has 0 radical (unpaired) electrons. The number of rotatable bonds is 6. The lowest BCUT2D eigenvalue weighted by Crippen LogP contribution is -2.75. The molecule has 1 saturated heterocycles. The molecule has 5 rings (SSSR count). The molecule has 4 saturated carbocycles. The molecule has 13 heteroatoms. The Morgan fingerprint density at radius 2 is 1.47 bits per heavy atom. The maximum absolute atomic E-state index is 15.1. The van der Waals surface area contributed by atoms with Crippen LogP contribution in [-0.4, -0.2) is 88.6 Å². The molecule has 0 aromatic heterocycles. The van der Waals surface area contributed by atoms with Crippen LogP contribution in [0.3, 0.4) is 0 Å². The highest BCUT2D eigenvalue weighted by atomic mass is 16.6. The van der Waals surface area contributed by atoms with E-state index in [0.29, 0.717) is 0 Å². The highest BCUT2D eigenvalue weighted by Gasteiger charge is 2.86. The van der Waals surface area contributed by atoms with Gasteiger partial charge in [-0.05, 0) is 32.6 Å². The second kappa shape index (κ2) is 10.8. The second-order valence-electron chi connectivity index (χ2n) is 14.5. The molecule has 13 unspecified atom stereocenters. The number of aliphatic hydroxyl groups is 1. The second-order valence-corrected chi connectivity index (χ2v) is 14.5. The van der Waals surface area contributed by atoms with Gasteiger partial charge in [-0.1, -0.05) is 20.8 Å². The Morgan fingerprint density at radius 1 is 0.867 bits per heavy atom. The van der Waals surface area contributed by atoms with Crippen LogP contribution in [0, 0.1) is 40.9 Å². The van der Waals surface area contributed by atoms with Gasteiger partial charge in [-0.15, -0.1) is 0 Å². The van der Waals surface area contributed by atoms with Gasteiger partial charge in [0.1, 0.15) is 29.0 Å². The molecule has 1 N–H and O–H groups in total. The van der Waals surface area contributed by atoms with Crippen LogP contribution in [0.5, 0.6) is 0 Å². The number of Topliss-reactive ketones (excluding diaryl/α,β-unsaturated/α-hetero) is 1. The number of ether oxygens (including phenoxy) is 6. The Bertz CT molecular complexity index is 1330. The Balaban J connectivity index is 1.83. The van der Waals surface area contributed by atoms with E-state index in [2.05, 4.69) is 0 Å². The van der Waals surface area contributed by atoms with Crippen molar-refractivity contribution in [2.45, 2.75) is 116 Å². The maximum atomic E-state index is 15.1. The van der Waals surface area contributed by atoms with E-state index >= 15 is 4.79 Å². The van der Waals surface area contributed by atoms with Crippen molar-refractivity contribution >= 4 is 35.6 Å². The fraction of sp³-hybridized carbons (Fsp3) is 0.812. The highest BCUT2D eigenvalue weighted by molar-refractivity contribution is 5.94. The first-order chi connectivity index (χ1) is 20.7. The summed E-state index contributed by atoms with van der Waals surface area (Å²) in [5.41, 5.74) is -6.57. The summed E-state index contributed by atoms with van der Waals surface area (Å²) in [5.74, 6) is -8.60. The molecule has 1 heterocycles. The van der Waals surface area contributed by atoms with Crippen LogP contribution in [0.4, 0.5) is 0 Å². The number of fused-ring (bicyclic) bond motifs is 2. The van der Waals surface area contributed by atoms with Crippen molar-refractivity contribution in [2.75, 3.05) is 6.61 Å². The van der Waals surface area contributed by atoms with Crippen LogP contribution >= 0.6 is 0 Å². The Kier molecular flexibility index (Phi) is 7.96. The van der Waals surface area contributed by atoms with Crippen molar-refractivity contribution in [3.8, 4) is 0 Å². The minimum absolute atomic E-state index is 0.0532. The summed E-state index contributed by atoms with van der Waals surface area (Å²) in [7, 11) is 0. The van der Waals surface area contributed by atoms with Crippen LogP contribution in [0.1, 0.15) is 75.2 Å². The van der Waals surface area contributed by atoms with E-state index in [1.54, 1.807) is 34.6 Å². The Labute approximate surface area is 261 Å². The summed E-state index contributed by atoms with van der Waals surface area (Å²) in [6, 6.07) is 0. The first-order valence-electron chi connectivity index (χ1n) is 15.6. The molecule has 0 aromatic carbocycles. The van der Waals surface area contributed by atoms with Crippen molar-refractivity contribution in [3.63, 3.8) is 0 Å². The molecule has 5 fully saturated rings. The molecule has 2 bridgehead atoms. The first-order valence-corrected chi connectivity index (χ1v) is 15.6. The molecule has 250 valence electrons. The third kappa shape index (κ3) is 4.70. The molecule has 0 aromatic rings. The molecular weight excluding hydrogens is 592 g/mol. The maximum Gasteiger partial charge on any atom is 0.309 e. The lowest BCUT2D eigenvalue weighted by Gasteiger charge is -2.64. The van der Waals surface area contributed by atoms with Crippen LogP contribution in [0.25, 0.3) is 0 Å². The van der Waals surface area contributed by atoms with Gasteiger partial charge in [0.05, 0.1) is 23.9 Å². The van der Waals surface area contributed by atoms with E-state index in [4.69, 9.17) is 28.4 Å². The van der Waals surface area contributed by atoms with E-state index in [0.717, 1.165) is 6.92 Å². The smallest absolute Gasteiger partial charge is 0.309 e. The third-order valence-corrected chi connectivity index (χ3v) is 11.0. The molecule has 5 aliphatic rings. The van der Waals surface area contributed by atoms with Gasteiger partial charge in [-0.25, -0.2) is 0 Å². The van der Waals surface area contributed by atoms with Gasteiger partial charge in [-0.2, -0.15) is 0 Å². The van der Waals surface area contributed by atoms with Crippen molar-refractivity contribution < 1.29 is 62.3 Å². The molecule has 45 heavy (non-hydrogen) atoms. The summed E-state index contributed by atoms with van der Waals surface area (Å²) < 4.78 is 36.1. The Hall–Kier alpha value is -3.06. The quantitative estimate of drug-likeness (QED) is 0.329. The molecule has 4 aliphatic carbocycles. The molecule has 13 atom stereocenters. The van der Waals surface area contributed by atoms with Crippen LogP contribution < -0.4 is 0 Å². The zero-order valence-electron chi connectivity index (χ0n) is 27.2. The predicted octanol–water partition coefficient (Wildman–Crippen LogP) is 1.68. The van der Waals surface area contributed by atoms with Crippen molar-refractivity contribution in [3.05, 3.63) is 0 Å². The fourth-order valence-electron chi connectivity index (χ4n) is 9.79. The largest absolute Gasteiger partial charge is 0.462 e. The zero-order valence-corrected chi connectivity index (χ0v) is 27.2. The average Bonchev–Trinajstić information content (AvgIpc) is 3.31. The Morgan fingerprint density at radius 3 is 2.00 bits per heavy atom. The normalized spacial score (nSPS) is 46.0. The van der Waals surface area contributed by atoms with E-state index in [9.17, 15) is 29.1 Å². The number of esters is 5. The minimum atomic E-state index is -2.01. The van der Waals surface area contributed by atoms with Crippen LogP contribution in [-0.2, 0) is 57.2 Å². The van der Waals surface area contributed by atoms with E-state index in [1.807, 2.05) is 0 Å². The minimum Gasteiger partial charge on any atom is -0.462 e. The topological polar surface area (TPSA) is 178 Å². The van der Waals surface area contributed by atoms with Crippen LogP contribution in [0.2, 0.25) is 0 Å². The van der Waals surface area contributed by atoms with Gasteiger partial charge >= 0.3 is 29.8 Å². The van der Waals surface area contributed by atoms with E-state index in [1.165, 1.54) is 20.8 Å². The molecule has 0 spiro atoms. The van der Waals surface area contributed by atoms with Gasteiger partial charge in [-0.3, -0.25) is 28.8 Å². The first kappa shape index (κ1) is 33.3.